The number of primary sulfonamides is 1. The molecule has 0 radical (unpaired) electrons. The lowest BCUT2D eigenvalue weighted by molar-refractivity contribution is 0.251. The van der Waals surface area contributed by atoms with Crippen molar-refractivity contribution in [3.63, 3.8) is 0 Å². The van der Waals surface area contributed by atoms with Gasteiger partial charge in [0.2, 0.25) is 10.0 Å². The maximum Gasteiger partial charge on any atom is 0.209 e. The number of ether oxygens (including phenoxy) is 1. The summed E-state index contributed by atoms with van der Waals surface area (Å²) in [6.45, 7) is 2.15. The molecule has 0 aliphatic heterocycles. The Kier molecular flexibility index (Phi) is 6.22. The molecule has 19 heavy (non-hydrogen) atoms. The highest BCUT2D eigenvalue weighted by molar-refractivity contribution is 9.10. The molecule has 108 valence electrons. The Bertz CT molecular complexity index is 501. The van der Waals surface area contributed by atoms with Gasteiger partial charge in [-0.25, -0.2) is 17.9 Å². The fourth-order valence-corrected chi connectivity index (χ4v) is 3.14. The molecule has 1 rings (SSSR count). The summed E-state index contributed by atoms with van der Waals surface area (Å²) in [6, 6.07) is 4.20. The maximum atomic E-state index is 13.1. The second-order valence-corrected chi connectivity index (χ2v) is 6.98. The van der Waals surface area contributed by atoms with Crippen molar-refractivity contribution in [3.8, 4) is 5.75 Å². The summed E-state index contributed by atoms with van der Waals surface area (Å²) in [4.78, 5) is 0. The van der Waals surface area contributed by atoms with Gasteiger partial charge in [-0.3, -0.25) is 0 Å². The Morgan fingerprint density at radius 3 is 2.63 bits per heavy atom. The van der Waals surface area contributed by atoms with Crippen LogP contribution in [0.15, 0.2) is 22.7 Å². The number of hydrogen-bond acceptors (Lipinski definition) is 3. The predicted molar refractivity (Wildman–Crippen MR) is 76.0 cm³/mol. The van der Waals surface area contributed by atoms with Gasteiger partial charge < -0.3 is 4.74 Å². The van der Waals surface area contributed by atoms with Crippen LogP contribution in [0.3, 0.4) is 0 Å². The third-order valence-corrected chi connectivity index (χ3v) is 3.88. The maximum absolute atomic E-state index is 13.1. The van der Waals surface area contributed by atoms with Crippen molar-refractivity contribution >= 4 is 26.0 Å². The first-order valence-corrected chi connectivity index (χ1v) is 8.40. The van der Waals surface area contributed by atoms with E-state index in [4.69, 9.17) is 9.88 Å². The molecule has 0 saturated carbocycles. The zero-order valence-corrected chi connectivity index (χ0v) is 13.0. The number of halogens is 2. The molecule has 1 aromatic rings. The van der Waals surface area contributed by atoms with E-state index in [-0.39, 0.29) is 18.3 Å². The normalized spacial score (nSPS) is 13.3. The number of benzene rings is 1. The van der Waals surface area contributed by atoms with E-state index in [1.165, 1.54) is 12.1 Å². The van der Waals surface area contributed by atoms with Crippen LogP contribution in [0.2, 0.25) is 0 Å². The second-order valence-electron chi connectivity index (χ2n) is 4.40. The Morgan fingerprint density at radius 2 is 2.11 bits per heavy atom. The molecule has 0 heterocycles. The van der Waals surface area contributed by atoms with Crippen LogP contribution in [0.5, 0.6) is 5.75 Å². The van der Waals surface area contributed by atoms with Crippen molar-refractivity contribution < 1.29 is 17.5 Å². The third kappa shape index (κ3) is 6.89. The lowest BCUT2D eigenvalue weighted by Crippen LogP contribution is -2.27. The highest BCUT2D eigenvalue weighted by Gasteiger charge is 2.16. The van der Waals surface area contributed by atoms with Gasteiger partial charge in [0, 0.05) is 16.5 Å². The Hall–Kier alpha value is -0.660. The molecule has 0 aliphatic carbocycles. The highest BCUT2D eigenvalue weighted by Crippen LogP contribution is 2.21. The molecule has 0 saturated heterocycles. The van der Waals surface area contributed by atoms with Gasteiger partial charge in [-0.2, -0.15) is 0 Å². The first-order valence-electron chi connectivity index (χ1n) is 5.89. The average Bonchev–Trinajstić information content (AvgIpc) is 2.23. The van der Waals surface area contributed by atoms with Crippen molar-refractivity contribution in [2.45, 2.75) is 19.8 Å². The molecule has 1 aromatic carbocycles. The molecular weight excluding hydrogens is 337 g/mol. The standard InChI is InChI=1S/C12H17BrFNO3S/c1-2-3-9(8-19(15,16)17)7-18-12-5-10(13)4-11(14)6-12/h4-6,9H,2-3,7-8H2,1H3,(H2,15,16,17). The van der Waals surface area contributed by atoms with Gasteiger partial charge in [-0.1, -0.05) is 29.3 Å². The van der Waals surface area contributed by atoms with Crippen LogP contribution in [0, 0.1) is 11.7 Å². The zero-order valence-electron chi connectivity index (χ0n) is 10.6. The molecule has 0 spiro atoms. The number of sulfonamides is 1. The van der Waals surface area contributed by atoms with Gasteiger partial charge in [0.15, 0.2) is 0 Å². The Labute approximate surface area is 121 Å². The molecular formula is C12H17BrFNO3S. The minimum atomic E-state index is -3.53. The highest BCUT2D eigenvalue weighted by atomic mass is 79.9. The molecule has 4 nitrogen and oxygen atoms in total. The lowest BCUT2D eigenvalue weighted by atomic mass is 10.1. The van der Waals surface area contributed by atoms with Gasteiger partial charge in [0.05, 0.1) is 12.4 Å². The van der Waals surface area contributed by atoms with E-state index in [0.717, 1.165) is 6.42 Å². The van der Waals surface area contributed by atoms with E-state index in [0.29, 0.717) is 16.6 Å². The van der Waals surface area contributed by atoms with E-state index < -0.39 is 15.8 Å². The van der Waals surface area contributed by atoms with Crippen LogP contribution in [-0.4, -0.2) is 20.8 Å². The third-order valence-electron chi connectivity index (χ3n) is 2.49. The summed E-state index contributed by atoms with van der Waals surface area (Å²) in [7, 11) is -3.53. The largest absolute Gasteiger partial charge is 0.493 e. The fourth-order valence-electron chi connectivity index (χ4n) is 1.78. The summed E-state index contributed by atoms with van der Waals surface area (Å²) in [5, 5.41) is 5.03. The molecule has 0 fully saturated rings. The molecule has 7 heteroatoms. The van der Waals surface area contributed by atoms with E-state index in [1.54, 1.807) is 6.07 Å². The van der Waals surface area contributed by atoms with Crippen molar-refractivity contribution in [1.82, 2.24) is 0 Å². The topological polar surface area (TPSA) is 69.4 Å². The quantitative estimate of drug-likeness (QED) is 0.819. The van der Waals surface area contributed by atoms with Crippen LogP contribution in [0.1, 0.15) is 19.8 Å². The summed E-state index contributed by atoms with van der Waals surface area (Å²) >= 11 is 3.16. The van der Waals surface area contributed by atoms with Crippen LogP contribution in [0.25, 0.3) is 0 Å². The number of hydrogen-bond donors (Lipinski definition) is 1. The van der Waals surface area contributed by atoms with Gasteiger partial charge in [0.1, 0.15) is 11.6 Å². The van der Waals surface area contributed by atoms with Crippen LogP contribution in [-0.2, 0) is 10.0 Å². The zero-order chi connectivity index (χ0) is 14.5. The second kappa shape index (κ2) is 7.21. The van der Waals surface area contributed by atoms with Crippen molar-refractivity contribution in [2.75, 3.05) is 12.4 Å². The molecule has 0 bridgehead atoms. The number of rotatable bonds is 7. The van der Waals surface area contributed by atoms with Crippen LogP contribution < -0.4 is 9.88 Å². The van der Waals surface area contributed by atoms with E-state index in [2.05, 4.69) is 15.9 Å². The van der Waals surface area contributed by atoms with Gasteiger partial charge in [-0.05, 0) is 18.6 Å². The minimum absolute atomic E-state index is 0.128. The van der Waals surface area contributed by atoms with E-state index in [1.807, 2.05) is 6.92 Å². The van der Waals surface area contributed by atoms with Crippen LogP contribution >= 0.6 is 15.9 Å². The monoisotopic (exact) mass is 353 g/mol. The average molecular weight is 354 g/mol. The Morgan fingerprint density at radius 1 is 1.42 bits per heavy atom. The molecule has 0 amide bonds. The fraction of sp³-hybridized carbons (Fsp3) is 0.500. The first-order chi connectivity index (χ1) is 8.80. The summed E-state index contributed by atoms with van der Waals surface area (Å²) < 4.78 is 41.3. The van der Waals surface area contributed by atoms with E-state index >= 15 is 0 Å². The summed E-state index contributed by atoms with van der Waals surface area (Å²) in [5.41, 5.74) is 0. The van der Waals surface area contributed by atoms with Gasteiger partial charge in [0.25, 0.3) is 0 Å². The molecule has 2 N–H and O–H groups in total. The van der Waals surface area contributed by atoms with Crippen molar-refractivity contribution in [3.05, 3.63) is 28.5 Å². The number of nitrogens with two attached hydrogens (primary N) is 1. The smallest absolute Gasteiger partial charge is 0.209 e. The summed E-state index contributed by atoms with van der Waals surface area (Å²) in [6.07, 6.45) is 1.52. The minimum Gasteiger partial charge on any atom is -0.493 e. The SMILES string of the molecule is CCCC(COc1cc(F)cc(Br)c1)CS(N)(=O)=O. The van der Waals surface area contributed by atoms with Gasteiger partial charge >= 0.3 is 0 Å². The van der Waals surface area contributed by atoms with Crippen LogP contribution in [0.4, 0.5) is 4.39 Å². The summed E-state index contributed by atoms with van der Waals surface area (Å²) in [5.74, 6) is -0.371. The molecule has 1 atom stereocenters. The van der Waals surface area contributed by atoms with E-state index in [9.17, 15) is 12.8 Å². The molecule has 1 unspecified atom stereocenters. The van der Waals surface area contributed by atoms with Crippen molar-refractivity contribution in [2.24, 2.45) is 11.1 Å². The molecule has 0 aromatic heterocycles. The Balaban J connectivity index is 2.65. The van der Waals surface area contributed by atoms with Crippen molar-refractivity contribution in [1.29, 1.82) is 0 Å². The molecule has 0 aliphatic rings. The lowest BCUT2D eigenvalue weighted by Gasteiger charge is -2.16. The predicted octanol–water partition coefficient (Wildman–Crippen LogP) is 2.67. The first kappa shape index (κ1) is 16.4. The van der Waals surface area contributed by atoms with Gasteiger partial charge in [-0.15, -0.1) is 0 Å².